The summed E-state index contributed by atoms with van der Waals surface area (Å²) in [5.41, 5.74) is -1.45. The molecule has 1 aliphatic rings. The molecular formula is C25H20N6O4. The summed E-state index contributed by atoms with van der Waals surface area (Å²) in [7, 11) is 0. The van der Waals surface area contributed by atoms with Gasteiger partial charge >= 0.3 is 22.8 Å². The molecule has 6 rings (SSSR count). The molecule has 2 aromatic heterocycles. The molecule has 0 fully saturated rings. The summed E-state index contributed by atoms with van der Waals surface area (Å²) in [5, 5.41) is 2.67. The van der Waals surface area contributed by atoms with Crippen molar-refractivity contribution in [1.29, 1.82) is 0 Å². The van der Waals surface area contributed by atoms with Gasteiger partial charge in [0.1, 0.15) is 5.54 Å². The van der Waals surface area contributed by atoms with Gasteiger partial charge in [0, 0.05) is 5.56 Å². The van der Waals surface area contributed by atoms with Crippen LogP contribution in [0.4, 0.5) is 0 Å². The number of benzene rings is 3. The molecule has 10 nitrogen and oxygen atoms in total. The zero-order valence-electron chi connectivity index (χ0n) is 18.7. The van der Waals surface area contributed by atoms with Gasteiger partial charge in [0.25, 0.3) is 0 Å². The second-order valence-corrected chi connectivity index (χ2v) is 8.60. The van der Waals surface area contributed by atoms with E-state index in [0.717, 1.165) is 9.13 Å². The summed E-state index contributed by atoms with van der Waals surface area (Å²) in [6.45, 7) is 1.71. The van der Waals surface area contributed by atoms with Crippen molar-refractivity contribution in [1.82, 2.24) is 28.3 Å². The molecule has 35 heavy (non-hydrogen) atoms. The third kappa shape index (κ3) is 2.83. The standard InChI is InChI=1S/C25H20N6O4/c1-25(31-24(35)28(21(32)26-31)17-10-4-2-5-11-17)16-27-22(33)29(18-12-6-3-7-13-18)23(34)30(27)20-15-9-8-14-19(20)25/h2-15H,16H2,1H3,(H,26,32)/t25-/m1/s1. The minimum atomic E-state index is -1.16. The van der Waals surface area contributed by atoms with Crippen LogP contribution < -0.4 is 22.8 Å². The molecule has 174 valence electrons. The van der Waals surface area contributed by atoms with E-state index in [4.69, 9.17) is 0 Å². The third-order valence-corrected chi connectivity index (χ3v) is 6.51. The van der Waals surface area contributed by atoms with Crippen molar-refractivity contribution in [2.45, 2.75) is 19.0 Å². The van der Waals surface area contributed by atoms with E-state index >= 15 is 0 Å². The van der Waals surface area contributed by atoms with Gasteiger partial charge < -0.3 is 0 Å². The van der Waals surface area contributed by atoms with E-state index in [1.807, 2.05) is 0 Å². The predicted molar refractivity (Wildman–Crippen MR) is 129 cm³/mol. The Morgan fingerprint density at radius 2 is 1.26 bits per heavy atom. The number of rotatable bonds is 3. The number of hydrogen-bond acceptors (Lipinski definition) is 4. The zero-order valence-corrected chi connectivity index (χ0v) is 18.7. The van der Waals surface area contributed by atoms with Crippen LogP contribution in [0, 0.1) is 0 Å². The maximum absolute atomic E-state index is 13.5. The van der Waals surface area contributed by atoms with Gasteiger partial charge in [0.2, 0.25) is 0 Å². The van der Waals surface area contributed by atoms with E-state index < -0.39 is 28.3 Å². The Labute approximate surface area is 197 Å². The number of para-hydroxylation sites is 3. The molecule has 0 radical (unpaired) electrons. The van der Waals surface area contributed by atoms with Gasteiger partial charge in [-0.1, -0.05) is 54.6 Å². The molecule has 1 atom stereocenters. The fourth-order valence-electron chi connectivity index (χ4n) is 4.85. The van der Waals surface area contributed by atoms with E-state index in [0.29, 0.717) is 22.6 Å². The molecule has 0 amide bonds. The van der Waals surface area contributed by atoms with Gasteiger partial charge in [-0.05, 0) is 37.3 Å². The highest BCUT2D eigenvalue weighted by molar-refractivity contribution is 5.47. The Balaban J connectivity index is 1.63. The second-order valence-electron chi connectivity index (χ2n) is 8.60. The monoisotopic (exact) mass is 468 g/mol. The van der Waals surface area contributed by atoms with Gasteiger partial charge in [0.05, 0.1) is 23.6 Å². The maximum Gasteiger partial charge on any atom is 0.356 e. The predicted octanol–water partition coefficient (Wildman–Crippen LogP) is 1.21. The molecule has 0 bridgehead atoms. The van der Waals surface area contributed by atoms with Gasteiger partial charge in [0.15, 0.2) is 0 Å². The van der Waals surface area contributed by atoms with Crippen molar-refractivity contribution in [2.75, 3.05) is 0 Å². The molecule has 3 heterocycles. The molecule has 0 aliphatic carbocycles. The summed E-state index contributed by atoms with van der Waals surface area (Å²) in [4.78, 5) is 53.3. The fourth-order valence-corrected chi connectivity index (χ4v) is 4.85. The zero-order chi connectivity index (χ0) is 24.3. The Morgan fingerprint density at radius 3 is 1.91 bits per heavy atom. The molecule has 0 saturated heterocycles. The molecule has 1 N–H and O–H groups in total. The summed E-state index contributed by atoms with van der Waals surface area (Å²) >= 11 is 0. The van der Waals surface area contributed by atoms with Crippen molar-refractivity contribution in [3.05, 3.63) is 132 Å². The molecule has 3 aromatic carbocycles. The lowest BCUT2D eigenvalue weighted by molar-refractivity contribution is 0.248. The van der Waals surface area contributed by atoms with Crippen molar-refractivity contribution < 1.29 is 0 Å². The minimum absolute atomic E-state index is 0.0490. The highest BCUT2D eigenvalue weighted by Crippen LogP contribution is 2.33. The number of aromatic amines is 1. The van der Waals surface area contributed by atoms with Crippen LogP contribution in [0.2, 0.25) is 0 Å². The Morgan fingerprint density at radius 1 is 0.686 bits per heavy atom. The van der Waals surface area contributed by atoms with Gasteiger partial charge in [-0.25, -0.2) is 42.8 Å². The number of hydrogen-bond donors (Lipinski definition) is 1. The Bertz CT molecular complexity index is 1820. The van der Waals surface area contributed by atoms with E-state index in [1.54, 1.807) is 91.9 Å². The molecule has 0 unspecified atom stereocenters. The van der Waals surface area contributed by atoms with Gasteiger partial charge in [-0.2, -0.15) is 4.68 Å². The largest absolute Gasteiger partial charge is 0.356 e. The molecule has 0 spiro atoms. The first kappa shape index (κ1) is 20.7. The Kier molecular flexibility index (Phi) is 4.34. The van der Waals surface area contributed by atoms with E-state index in [9.17, 15) is 19.2 Å². The summed E-state index contributed by atoms with van der Waals surface area (Å²) < 4.78 is 6.02. The first-order valence-electron chi connectivity index (χ1n) is 11.0. The first-order chi connectivity index (χ1) is 16.9. The average Bonchev–Trinajstić information content (AvgIpc) is 3.32. The van der Waals surface area contributed by atoms with Gasteiger partial charge in [-0.3, -0.25) is 0 Å². The molecular weight excluding hydrogens is 448 g/mol. The lowest BCUT2D eigenvalue weighted by Crippen LogP contribution is -2.50. The Hall–Kier alpha value is -4.86. The van der Waals surface area contributed by atoms with Crippen molar-refractivity contribution in [3.8, 4) is 17.1 Å². The lowest BCUT2D eigenvalue weighted by Gasteiger charge is -2.36. The molecule has 5 aromatic rings. The van der Waals surface area contributed by atoms with E-state index in [1.165, 1.54) is 14.0 Å². The number of fused-ring (bicyclic) bond motifs is 3. The van der Waals surface area contributed by atoms with Crippen LogP contribution in [0.25, 0.3) is 17.1 Å². The van der Waals surface area contributed by atoms with Crippen LogP contribution in [0.5, 0.6) is 0 Å². The topological polar surface area (TPSA) is 109 Å². The number of H-pyrrole nitrogens is 1. The molecule has 0 saturated carbocycles. The lowest BCUT2D eigenvalue weighted by atomic mass is 9.89. The normalized spacial score (nSPS) is 16.6. The van der Waals surface area contributed by atoms with Crippen LogP contribution in [-0.4, -0.2) is 28.3 Å². The van der Waals surface area contributed by atoms with Crippen molar-refractivity contribution in [3.63, 3.8) is 0 Å². The van der Waals surface area contributed by atoms with Crippen molar-refractivity contribution in [2.24, 2.45) is 0 Å². The minimum Gasteiger partial charge on any atom is -0.246 e. The fraction of sp³-hybridized carbons (Fsp3) is 0.120. The number of nitrogens with one attached hydrogen (secondary N) is 1. The van der Waals surface area contributed by atoms with Crippen molar-refractivity contribution >= 4 is 0 Å². The summed E-state index contributed by atoms with van der Waals surface area (Å²) in [6, 6.07) is 24.3. The van der Waals surface area contributed by atoms with Crippen LogP contribution in [0.15, 0.2) is 104 Å². The highest BCUT2D eigenvalue weighted by atomic mass is 16.2. The average molecular weight is 468 g/mol. The number of nitrogens with zero attached hydrogens (tertiary/aromatic N) is 5. The quantitative estimate of drug-likeness (QED) is 0.429. The van der Waals surface area contributed by atoms with Crippen LogP contribution in [0.3, 0.4) is 0 Å². The van der Waals surface area contributed by atoms with Gasteiger partial charge in [-0.15, -0.1) is 0 Å². The summed E-state index contributed by atoms with van der Waals surface area (Å²) in [5.74, 6) is 0. The first-order valence-corrected chi connectivity index (χ1v) is 11.0. The van der Waals surface area contributed by atoms with E-state index in [-0.39, 0.29) is 6.54 Å². The van der Waals surface area contributed by atoms with Crippen LogP contribution in [-0.2, 0) is 12.1 Å². The third-order valence-electron chi connectivity index (χ3n) is 6.51. The molecule has 10 heteroatoms. The highest BCUT2D eigenvalue weighted by Gasteiger charge is 2.41. The summed E-state index contributed by atoms with van der Waals surface area (Å²) in [6.07, 6.45) is 0. The number of aromatic nitrogens is 6. The van der Waals surface area contributed by atoms with Crippen LogP contribution in [0.1, 0.15) is 12.5 Å². The maximum atomic E-state index is 13.5. The van der Waals surface area contributed by atoms with Crippen LogP contribution >= 0.6 is 0 Å². The second kappa shape index (κ2) is 7.32. The molecule has 1 aliphatic heterocycles. The smallest absolute Gasteiger partial charge is 0.246 e. The SMILES string of the molecule is C[C@@]1(n2[nH]c(=O)n(-c3ccccc3)c2=O)Cn2c(=O)n(-c3ccccc3)c(=O)n2-c2ccccc21. The van der Waals surface area contributed by atoms with E-state index in [2.05, 4.69) is 5.10 Å².